The van der Waals surface area contributed by atoms with Gasteiger partial charge in [0.1, 0.15) is 0 Å². The number of nitrogens with one attached hydrogen (secondary N) is 1. The Morgan fingerprint density at radius 2 is 1.61 bits per heavy atom. The molecule has 0 saturated heterocycles. The number of fused-ring (bicyclic) bond motifs is 1. The number of benzene rings is 2. The van der Waals surface area contributed by atoms with Crippen LogP contribution in [0.5, 0.6) is 17.2 Å². The minimum absolute atomic E-state index is 0.312. The van der Waals surface area contributed by atoms with Crippen molar-refractivity contribution in [1.82, 2.24) is 4.98 Å². The van der Waals surface area contributed by atoms with Gasteiger partial charge in [0, 0.05) is 11.6 Å². The summed E-state index contributed by atoms with van der Waals surface area (Å²) in [4.78, 5) is 15.6. The quantitative estimate of drug-likeness (QED) is 0.779. The van der Waals surface area contributed by atoms with E-state index in [2.05, 4.69) is 4.98 Å². The summed E-state index contributed by atoms with van der Waals surface area (Å²) in [7, 11) is 3.03. The van der Waals surface area contributed by atoms with Crippen LogP contribution in [-0.4, -0.2) is 24.3 Å². The van der Waals surface area contributed by atoms with Crippen LogP contribution in [0.4, 0.5) is 0 Å². The first-order valence-corrected chi connectivity index (χ1v) is 7.13. The molecule has 0 spiro atoms. The van der Waals surface area contributed by atoms with Crippen LogP contribution in [0.3, 0.4) is 0 Å². The molecule has 0 atom stereocenters. The molecule has 118 valence electrons. The lowest BCUT2D eigenvalue weighted by Gasteiger charge is -2.11. The molecule has 2 aromatic carbocycles. The summed E-state index contributed by atoms with van der Waals surface area (Å²) in [6.07, 6.45) is 0. The van der Waals surface area contributed by atoms with Crippen molar-refractivity contribution >= 4 is 10.9 Å². The first-order chi connectivity index (χ1) is 11.0. The minimum atomic E-state index is -0.449. The van der Waals surface area contributed by atoms with Gasteiger partial charge in [0.25, 0.3) is 0 Å². The number of aromatic hydroxyl groups is 1. The lowest BCUT2D eigenvalue weighted by molar-refractivity contribution is 0.355. The van der Waals surface area contributed by atoms with Crippen molar-refractivity contribution in [2.75, 3.05) is 14.2 Å². The van der Waals surface area contributed by atoms with E-state index in [9.17, 15) is 9.90 Å². The van der Waals surface area contributed by atoms with Crippen LogP contribution >= 0.6 is 0 Å². The van der Waals surface area contributed by atoms with Crippen LogP contribution in [0.1, 0.15) is 5.56 Å². The molecule has 0 unspecified atom stereocenters. The fourth-order valence-electron chi connectivity index (χ4n) is 2.53. The first kappa shape index (κ1) is 15.0. The Morgan fingerprint density at radius 3 is 2.22 bits per heavy atom. The van der Waals surface area contributed by atoms with Gasteiger partial charge in [-0.2, -0.15) is 0 Å². The second-order valence-corrected chi connectivity index (χ2v) is 5.30. The highest BCUT2D eigenvalue weighted by atomic mass is 16.5. The summed E-state index contributed by atoms with van der Waals surface area (Å²) in [5.74, 6) is 0.637. The number of ether oxygens (including phenoxy) is 2. The summed E-state index contributed by atoms with van der Waals surface area (Å²) < 4.78 is 10.5. The monoisotopic (exact) mass is 311 g/mol. The summed E-state index contributed by atoms with van der Waals surface area (Å²) in [5.41, 5.74) is 2.34. The van der Waals surface area contributed by atoms with E-state index >= 15 is 0 Å². The fraction of sp³-hybridized carbons (Fsp3) is 0.167. The SMILES string of the molecule is COc1cc2[nH]c(-c3ccc(C)cc3)c(O)c(=O)c2cc1OC. The van der Waals surface area contributed by atoms with Gasteiger partial charge in [-0.15, -0.1) is 0 Å². The maximum atomic E-state index is 12.5. The van der Waals surface area contributed by atoms with Gasteiger partial charge >= 0.3 is 0 Å². The van der Waals surface area contributed by atoms with Gasteiger partial charge in [0.15, 0.2) is 17.2 Å². The zero-order valence-electron chi connectivity index (χ0n) is 13.1. The summed E-state index contributed by atoms with van der Waals surface area (Å²) in [5, 5.41) is 10.6. The smallest absolute Gasteiger partial charge is 0.231 e. The molecule has 0 saturated carbocycles. The molecule has 2 N–H and O–H groups in total. The van der Waals surface area contributed by atoms with E-state index in [1.54, 1.807) is 12.1 Å². The van der Waals surface area contributed by atoms with Crippen LogP contribution in [0, 0.1) is 6.92 Å². The van der Waals surface area contributed by atoms with Crippen molar-refractivity contribution in [3.63, 3.8) is 0 Å². The predicted octanol–water partition coefficient (Wildman–Crippen LogP) is 3.23. The lowest BCUT2D eigenvalue weighted by atomic mass is 10.1. The molecule has 0 fully saturated rings. The molecule has 3 rings (SSSR count). The van der Waals surface area contributed by atoms with Crippen molar-refractivity contribution in [2.45, 2.75) is 6.92 Å². The molecule has 0 aliphatic heterocycles. The molecular formula is C18H17NO4. The standard InChI is InChI=1S/C18H17NO4/c1-10-4-6-11(7-5-10)16-18(21)17(20)12-8-14(22-2)15(23-3)9-13(12)19-16/h4-9,21H,1-3H3,(H,19,20). The van der Waals surface area contributed by atoms with Crippen LogP contribution in [0.25, 0.3) is 22.2 Å². The minimum Gasteiger partial charge on any atom is -0.503 e. The normalized spacial score (nSPS) is 10.7. The molecule has 0 aliphatic carbocycles. The summed E-state index contributed by atoms with van der Waals surface area (Å²) in [6, 6.07) is 10.8. The average molecular weight is 311 g/mol. The highest BCUT2D eigenvalue weighted by Gasteiger charge is 2.15. The van der Waals surface area contributed by atoms with Crippen LogP contribution in [-0.2, 0) is 0 Å². The maximum absolute atomic E-state index is 12.5. The van der Waals surface area contributed by atoms with Crippen molar-refractivity contribution in [3.05, 3.63) is 52.2 Å². The molecule has 5 nitrogen and oxygen atoms in total. The van der Waals surface area contributed by atoms with Gasteiger partial charge in [0.2, 0.25) is 5.43 Å². The number of pyridine rings is 1. The number of aryl methyl sites for hydroxylation is 1. The third-order valence-electron chi connectivity index (χ3n) is 3.82. The third-order valence-corrected chi connectivity index (χ3v) is 3.82. The van der Waals surface area contributed by atoms with E-state index in [0.29, 0.717) is 28.1 Å². The predicted molar refractivity (Wildman–Crippen MR) is 89.5 cm³/mol. The molecular weight excluding hydrogens is 294 g/mol. The zero-order valence-corrected chi connectivity index (χ0v) is 13.1. The van der Waals surface area contributed by atoms with Crippen LogP contribution in [0.15, 0.2) is 41.2 Å². The summed E-state index contributed by atoms with van der Waals surface area (Å²) >= 11 is 0. The zero-order chi connectivity index (χ0) is 16.6. The molecule has 0 aliphatic rings. The Morgan fingerprint density at radius 1 is 1.00 bits per heavy atom. The molecule has 5 heteroatoms. The highest BCUT2D eigenvalue weighted by Crippen LogP contribution is 2.33. The van der Waals surface area contributed by atoms with Crippen molar-refractivity contribution in [3.8, 4) is 28.5 Å². The number of aromatic amines is 1. The second-order valence-electron chi connectivity index (χ2n) is 5.30. The summed E-state index contributed by atoms with van der Waals surface area (Å²) in [6.45, 7) is 1.98. The number of aromatic nitrogens is 1. The molecule has 0 bridgehead atoms. The van der Waals surface area contributed by atoms with Crippen LogP contribution in [0.2, 0.25) is 0 Å². The topological polar surface area (TPSA) is 71.5 Å². The molecule has 3 aromatic rings. The van der Waals surface area contributed by atoms with E-state index in [1.807, 2.05) is 31.2 Å². The van der Waals surface area contributed by atoms with E-state index in [0.717, 1.165) is 11.1 Å². The largest absolute Gasteiger partial charge is 0.503 e. The van der Waals surface area contributed by atoms with E-state index < -0.39 is 5.43 Å². The number of H-pyrrole nitrogens is 1. The van der Waals surface area contributed by atoms with Gasteiger partial charge in [-0.25, -0.2) is 0 Å². The lowest BCUT2D eigenvalue weighted by Crippen LogP contribution is -2.06. The first-order valence-electron chi connectivity index (χ1n) is 7.13. The molecule has 1 heterocycles. The molecule has 23 heavy (non-hydrogen) atoms. The Bertz CT molecular complexity index is 926. The van der Waals surface area contributed by atoms with Crippen molar-refractivity contribution in [2.24, 2.45) is 0 Å². The average Bonchev–Trinajstić information content (AvgIpc) is 2.58. The third kappa shape index (κ3) is 2.50. The van der Waals surface area contributed by atoms with Crippen molar-refractivity contribution in [1.29, 1.82) is 0 Å². The number of hydrogen-bond donors (Lipinski definition) is 2. The molecule has 0 amide bonds. The van der Waals surface area contributed by atoms with Crippen LogP contribution < -0.4 is 14.9 Å². The highest BCUT2D eigenvalue weighted by molar-refractivity contribution is 5.87. The van der Waals surface area contributed by atoms with Gasteiger partial charge < -0.3 is 19.6 Å². The number of hydrogen-bond acceptors (Lipinski definition) is 4. The Kier molecular flexibility index (Phi) is 3.70. The molecule has 1 aromatic heterocycles. The molecule has 0 radical (unpaired) electrons. The Balaban J connectivity index is 2.31. The van der Waals surface area contributed by atoms with E-state index in [4.69, 9.17) is 9.47 Å². The fourth-order valence-corrected chi connectivity index (χ4v) is 2.53. The van der Waals surface area contributed by atoms with E-state index in [-0.39, 0.29) is 5.75 Å². The number of methoxy groups -OCH3 is 2. The van der Waals surface area contributed by atoms with Gasteiger partial charge in [0.05, 0.1) is 30.8 Å². The van der Waals surface area contributed by atoms with Gasteiger partial charge in [-0.05, 0) is 13.0 Å². The van der Waals surface area contributed by atoms with Gasteiger partial charge in [-0.3, -0.25) is 4.79 Å². The van der Waals surface area contributed by atoms with Gasteiger partial charge in [-0.1, -0.05) is 29.8 Å². The number of rotatable bonds is 3. The Labute approximate surface area is 133 Å². The second kappa shape index (κ2) is 5.68. The van der Waals surface area contributed by atoms with Crippen molar-refractivity contribution < 1.29 is 14.6 Å². The Hall–Kier alpha value is -2.95. The van der Waals surface area contributed by atoms with E-state index in [1.165, 1.54) is 14.2 Å². The maximum Gasteiger partial charge on any atom is 0.231 e.